The smallest absolute Gasteiger partial charge is 0.343 e. The minimum absolute atomic E-state index is 0.0949. The van der Waals surface area contributed by atoms with Crippen molar-refractivity contribution in [1.29, 1.82) is 0 Å². The number of phenolic OH excluding ortho intramolecular Hbond substituents is 1. The SMILES string of the molecule is COc1ccc(C(=O)Oc2ccc3cc(C(C)Cc4ccc(OC(=O)c5ccc(O)cc5)cc4)ccc3c2)cc1. The normalized spacial score (nSPS) is 11.6. The summed E-state index contributed by atoms with van der Waals surface area (Å²) in [5.41, 5.74) is 3.14. The zero-order chi connectivity index (χ0) is 28.1. The second kappa shape index (κ2) is 11.7. The van der Waals surface area contributed by atoms with Crippen LogP contribution in [-0.2, 0) is 6.42 Å². The molecule has 5 aromatic rings. The maximum atomic E-state index is 12.5. The van der Waals surface area contributed by atoms with E-state index in [1.165, 1.54) is 29.8 Å². The molecule has 1 atom stereocenters. The highest BCUT2D eigenvalue weighted by Gasteiger charge is 2.12. The summed E-state index contributed by atoms with van der Waals surface area (Å²) in [6.45, 7) is 2.17. The van der Waals surface area contributed by atoms with Crippen LogP contribution in [0.25, 0.3) is 10.8 Å². The van der Waals surface area contributed by atoms with Gasteiger partial charge in [-0.15, -0.1) is 0 Å². The molecule has 0 fully saturated rings. The Morgan fingerprint density at radius 1 is 0.650 bits per heavy atom. The number of carbonyl (C=O) groups is 2. The molecule has 0 radical (unpaired) electrons. The third-order valence-corrected chi connectivity index (χ3v) is 6.72. The zero-order valence-electron chi connectivity index (χ0n) is 22.2. The molecule has 40 heavy (non-hydrogen) atoms. The number of rotatable bonds is 8. The summed E-state index contributed by atoms with van der Waals surface area (Å²) in [5, 5.41) is 11.4. The fourth-order valence-electron chi connectivity index (χ4n) is 4.43. The Morgan fingerprint density at radius 3 is 1.82 bits per heavy atom. The highest BCUT2D eigenvalue weighted by atomic mass is 16.5. The van der Waals surface area contributed by atoms with Gasteiger partial charge in [-0.3, -0.25) is 0 Å². The van der Waals surface area contributed by atoms with E-state index >= 15 is 0 Å². The first-order valence-corrected chi connectivity index (χ1v) is 12.9. The van der Waals surface area contributed by atoms with Crippen molar-refractivity contribution in [3.05, 3.63) is 131 Å². The lowest BCUT2D eigenvalue weighted by atomic mass is 9.92. The van der Waals surface area contributed by atoms with Crippen molar-refractivity contribution in [2.45, 2.75) is 19.3 Å². The number of hydrogen-bond acceptors (Lipinski definition) is 6. The highest BCUT2D eigenvalue weighted by molar-refractivity contribution is 5.92. The predicted molar refractivity (Wildman–Crippen MR) is 154 cm³/mol. The molecule has 200 valence electrons. The highest BCUT2D eigenvalue weighted by Crippen LogP contribution is 2.28. The first-order chi connectivity index (χ1) is 19.4. The Morgan fingerprint density at radius 2 is 1.18 bits per heavy atom. The van der Waals surface area contributed by atoms with Crippen molar-refractivity contribution in [3.8, 4) is 23.0 Å². The predicted octanol–water partition coefficient (Wildman–Crippen LogP) is 7.34. The number of phenols is 1. The number of carbonyl (C=O) groups excluding carboxylic acids is 2. The van der Waals surface area contributed by atoms with Crippen molar-refractivity contribution in [1.82, 2.24) is 0 Å². The molecule has 0 aliphatic rings. The average molecular weight is 533 g/mol. The monoisotopic (exact) mass is 532 g/mol. The molecule has 0 aromatic heterocycles. The zero-order valence-corrected chi connectivity index (χ0v) is 22.2. The minimum atomic E-state index is -0.476. The van der Waals surface area contributed by atoms with E-state index in [1.807, 2.05) is 30.3 Å². The largest absolute Gasteiger partial charge is 0.508 e. The minimum Gasteiger partial charge on any atom is -0.508 e. The second-order valence-electron chi connectivity index (χ2n) is 9.57. The van der Waals surface area contributed by atoms with E-state index < -0.39 is 11.9 Å². The molecule has 6 heteroatoms. The summed E-state index contributed by atoms with van der Waals surface area (Å²) in [7, 11) is 1.58. The third-order valence-electron chi connectivity index (χ3n) is 6.72. The number of benzene rings is 5. The maximum Gasteiger partial charge on any atom is 0.343 e. The first-order valence-electron chi connectivity index (χ1n) is 12.9. The third kappa shape index (κ3) is 6.30. The van der Waals surface area contributed by atoms with Gasteiger partial charge in [0, 0.05) is 0 Å². The van der Waals surface area contributed by atoms with Crippen molar-refractivity contribution in [3.63, 3.8) is 0 Å². The molecule has 1 unspecified atom stereocenters. The van der Waals surface area contributed by atoms with E-state index in [1.54, 1.807) is 49.6 Å². The van der Waals surface area contributed by atoms with Crippen LogP contribution >= 0.6 is 0 Å². The Kier molecular flexibility index (Phi) is 7.78. The number of hydrogen-bond donors (Lipinski definition) is 1. The average Bonchev–Trinajstić information content (AvgIpc) is 2.98. The van der Waals surface area contributed by atoms with Crippen LogP contribution in [0.5, 0.6) is 23.0 Å². The lowest BCUT2D eigenvalue weighted by Crippen LogP contribution is -2.08. The van der Waals surface area contributed by atoms with Gasteiger partial charge in [0.05, 0.1) is 18.2 Å². The lowest BCUT2D eigenvalue weighted by molar-refractivity contribution is 0.0725. The molecule has 0 heterocycles. The van der Waals surface area contributed by atoms with Gasteiger partial charge in [-0.25, -0.2) is 9.59 Å². The second-order valence-corrected chi connectivity index (χ2v) is 9.57. The van der Waals surface area contributed by atoms with Crippen molar-refractivity contribution >= 4 is 22.7 Å². The Bertz CT molecular complexity index is 1640. The first kappa shape index (κ1) is 26.5. The van der Waals surface area contributed by atoms with Gasteiger partial charge >= 0.3 is 11.9 Å². The van der Waals surface area contributed by atoms with Gasteiger partial charge in [-0.05, 0) is 107 Å². The molecule has 0 spiro atoms. The van der Waals surface area contributed by atoms with Crippen molar-refractivity contribution < 1.29 is 28.9 Å². The van der Waals surface area contributed by atoms with E-state index in [9.17, 15) is 14.7 Å². The number of methoxy groups -OCH3 is 1. The summed E-state index contributed by atoms with van der Waals surface area (Å²) in [6, 6.07) is 32.1. The van der Waals surface area contributed by atoms with Gasteiger partial charge in [0.15, 0.2) is 0 Å². The van der Waals surface area contributed by atoms with E-state index in [0.29, 0.717) is 28.4 Å². The van der Waals surface area contributed by atoms with Crippen LogP contribution in [0.1, 0.15) is 44.7 Å². The van der Waals surface area contributed by atoms with Crippen LogP contribution in [0.3, 0.4) is 0 Å². The number of ether oxygens (including phenoxy) is 3. The van der Waals surface area contributed by atoms with Gasteiger partial charge in [-0.1, -0.05) is 43.3 Å². The van der Waals surface area contributed by atoms with Crippen LogP contribution in [0.15, 0.2) is 109 Å². The fraction of sp³-hybridized carbons (Fsp3) is 0.118. The summed E-state index contributed by atoms with van der Waals surface area (Å²) < 4.78 is 16.2. The molecule has 0 amide bonds. The van der Waals surface area contributed by atoms with E-state index in [-0.39, 0.29) is 11.7 Å². The molecule has 0 saturated heterocycles. The maximum absolute atomic E-state index is 12.5. The molecular formula is C34H28O6. The number of fused-ring (bicyclic) bond motifs is 1. The molecule has 0 saturated carbocycles. The van der Waals surface area contributed by atoms with Crippen LogP contribution in [0.4, 0.5) is 0 Å². The van der Waals surface area contributed by atoms with Gasteiger partial charge in [0.2, 0.25) is 0 Å². The molecule has 0 aliphatic carbocycles. The molecule has 1 N–H and O–H groups in total. The molecule has 6 nitrogen and oxygen atoms in total. The lowest BCUT2D eigenvalue weighted by Gasteiger charge is -2.14. The Balaban J connectivity index is 1.21. The van der Waals surface area contributed by atoms with Gasteiger partial charge in [0.1, 0.15) is 23.0 Å². The van der Waals surface area contributed by atoms with Gasteiger partial charge < -0.3 is 19.3 Å². The topological polar surface area (TPSA) is 82.1 Å². The van der Waals surface area contributed by atoms with Crippen molar-refractivity contribution in [2.75, 3.05) is 7.11 Å². The van der Waals surface area contributed by atoms with Gasteiger partial charge in [-0.2, -0.15) is 0 Å². The van der Waals surface area contributed by atoms with Crippen LogP contribution in [0.2, 0.25) is 0 Å². The summed E-state index contributed by atoms with van der Waals surface area (Å²) in [4.78, 5) is 24.8. The van der Waals surface area contributed by atoms with Gasteiger partial charge in [0.25, 0.3) is 0 Å². The summed E-state index contributed by atoms with van der Waals surface area (Å²) >= 11 is 0. The summed E-state index contributed by atoms with van der Waals surface area (Å²) in [5.74, 6) is 1.07. The molecule has 0 bridgehead atoms. The number of aromatic hydroxyl groups is 1. The Labute approximate surface area is 232 Å². The molecule has 5 rings (SSSR count). The van der Waals surface area contributed by atoms with Crippen molar-refractivity contribution in [2.24, 2.45) is 0 Å². The van der Waals surface area contributed by atoms with E-state index in [4.69, 9.17) is 14.2 Å². The quantitative estimate of drug-likeness (QED) is 0.166. The fourth-order valence-corrected chi connectivity index (χ4v) is 4.43. The molecule has 5 aromatic carbocycles. The summed E-state index contributed by atoms with van der Waals surface area (Å²) in [6.07, 6.45) is 0.815. The molecule has 0 aliphatic heterocycles. The standard InChI is InChI=1S/C34H28O6/c1-22(19-23-3-14-31(15-4-23)39-33(36)24-7-12-29(35)13-8-24)26-5-6-28-21-32(18-11-27(28)20-26)40-34(37)25-9-16-30(38-2)17-10-25/h3-18,20-22,35H,19H2,1-2H3. The molecular weight excluding hydrogens is 504 g/mol. The van der Waals surface area contributed by atoms with Crippen LogP contribution in [0, 0.1) is 0 Å². The number of esters is 2. The van der Waals surface area contributed by atoms with Crippen LogP contribution < -0.4 is 14.2 Å². The van der Waals surface area contributed by atoms with E-state index in [2.05, 4.69) is 19.1 Å². The Hall–Kier alpha value is -5.10. The van der Waals surface area contributed by atoms with E-state index in [0.717, 1.165) is 22.8 Å². The van der Waals surface area contributed by atoms with Crippen LogP contribution in [-0.4, -0.2) is 24.2 Å².